The number of aliphatic hydroxyl groups is 1. The summed E-state index contributed by atoms with van der Waals surface area (Å²) in [5.41, 5.74) is 2.00. The van der Waals surface area contributed by atoms with Gasteiger partial charge in [-0.1, -0.05) is 45.2 Å². The third kappa shape index (κ3) is 6.32. The van der Waals surface area contributed by atoms with Crippen LogP contribution in [0.5, 0.6) is 11.5 Å². The van der Waals surface area contributed by atoms with Crippen molar-refractivity contribution in [2.24, 2.45) is 0 Å². The summed E-state index contributed by atoms with van der Waals surface area (Å²) in [7, 11) is 1.62. The van der Waals surface area contributed by atoms with Crippen LogP contribution in [0.25, 0.3) is 0 Å². The van der Waals surface area contributed by atoms with Crippen LogP contribution in [0.2, 0.25) is 10.0 Å². The molecule has 142 valence electrons. The number of rotatable bonds is 10. The predicted octanol–water partition coefficient (Wildman–Crippen LogP) is 5.21. The number of unbranched alkanes of at least 4 members (excludes halogenated alkanes) is 1. The van der Waals surface area contributed by atoms with Gasteiger partial charge in [0, 0.05) is 17.6 Å². The van der Waals surface area contributed by atoms with Gasteiger partial charge in [0.15, 0.2) is 11.5 Å². The summed E-state index contributed by atoms with van der Waals surface area (Å²) in [6.45, 7) is 2.14. The first-order valence-electron chi connectivity index (χ1n) is 8.30. The Kier molecular flexibility index (Phi) is 9.02. The van der Waals surface area contributed by atoms with Crippen molar-refractivity contribution in [1.82, 2.24) is 5.32 Å². The van der Waals surface area contributed by atoms with E-state index < -0.39 is 0 Å². The smallest absolute Gasteiger partial charge is 0.162 e. The molecule has 7 heteroatoms. The van der Waals surface area contributed by atoms with Crippen molar-refractivity contribution >= 4 is 39.1 Å². The van der Waals surface area contributed by atoms with E-state index in [1.54, 1.807) is 19.2 Å². The van der Waals surface area contributed by atoms with E-state index in [1.165, 1.54) is 0 Å². The number of ether oxygens (including phenoxy) is 2. The minimum atomic E-state index is 0.226. The van der Waals surface area contributed by atoms with Crippen molar-refractivity contribution < 1.29 is 14.6 Å². The van der Waals surface area contributed by atoms with Gasteiger partial charge in [0.25, 0.3) is 0 Å². The van der Waals surface area contributed by atoms with Gasteiger partial charge in [-0.05, 0) is 54.8 Å². The summed E-state index contributed by atoms with van der Waals surface area (Å²) in [5, 5.41) is 13.2. The molecule has 0 aliphatic rings. The van der Waals surface area contributed by atoms with Gasteiger partial charge < -0.3 is 19.9 Å². The van der Waals surface area contributed by atoms with Crippen molar-refractivity contribution in [3.05, 3.63) is 56.0 Å². The molecule has 2 N–H and O–H groups in total. The number of nitrogens with one attached hydrogen (secondary N) is 1. The lowest BCUT2D eigenvalue weighted by atomic mass is 10.2. The average molecular weight is 463 g/mol. The number of benzene rings is 2. The van der Waals surface area contributed by atoms with E-state index in [4.69, 9.17) is 37.8 Å². The average Bonchev–Trinajstić information content (AvgIpc) is 2.63. The largest absolute Gasteiger partial charge is 0.493 e. The fourth-order valence-corrected chi connectivity index (χ4v) is 3.14. The lowest BCUT2D eigenvalue weighted by molar-refractivity contribution is 0.283. The fourth-order valence-electron chi connectivity index (χ4n) is 2.36. The molecule has 0 spiro atoms. The minimum absolute atomic E-state index is 0.226. The molecule has 0 aliphatic carbocycles. The predicted molar refractivity (Wildman–Crippen MR) is 110 cm³/mol. The Morgan fingerprint density at radius 3 is 2.58 bits per heavy atom. The molecule has 0 bridgehead atoms. The molecule has 0 fully saturated rings. The molecule has 2 rings (SSSR count). The van der Waals surface area contributed by atoms with Gasteiger partial charge in [-0.15, -0.1) is 0 Å². The Labute approximate surface area is 172 Å². The quantitative estimate of drug-likeness (QED) is 0.476. The van der Waals surface area contributed by atoms with Gasteiger partial charge in [0.2, 0.25) is 0 Å². The van der Waals surface area contributed by atoms with Crippen LogP contribution in [0.15, 0.2) is 34.8 Å². The number of methoxy groups -OCH3 is 1. The molecule has 4 nitrogen and oxygen atoms in total. The second-order valence-electron chi connectivity index (χ2n) is 5.74. The first-order chi connectivity index (χ1) is 12.5. The van der Waals surface area contributed by atoms with E-state index in [1.807, 2.05) is 18.2 Å². The van der Waals surface area contributed by atoms with Crippen LogP contribution in [0.3, 0.4) is 0 Å². The molecular formula is C19H22BrCl2NO3. The number of halogens is 3. The highest BCUT2D eigenvalue weighted by atomic mass is 79.9. The lowest BCUT2D eigenvalue weighted by Gasteiger charge is -2.15. The number of hydrogen-bond acceptors (Lipinski definition) is 4. The van der Waals surface area contributed by atoms with Crippen LogP contribution in [-0.4, -0.2) is 25.4 Å². The van der Waals surface area contributed by atoms with Crippen molar-refractivity contribution in [3.8, 4) is 11.5 Å². The fraction of sp³-hybridized carbons (Fsp3) is 0.368. The minimum Gasteiger partial charge on any atom is -0.493 e. The summed E-state index contributed by atoms with van der Waals surface area (Å²) in [4.78, 5) is 0. The number of aliphatic hydroxyl groups excluding tert-OH is 1. The van der Waals surface area contributed by atoms with Crippen LogP contribution in [0, 0.1) is 0 Å². The van der Waals surface area contributed by atoms with E-state index >= 15 is 0 Å². The zero-order valence-electron chi connectivity index (χ0n) is 14.5. The third-order valence-electron chi connectivity index (χ3n) is 3.79. The standard InChI is InChI=1S/C19H22BrCl2NO3/c1-25-18-9-14(11-23-6-2-3-7-24)15(20)10-19(18)26-12-13-4-5-16(21)17(22)8-13/h4-5,8-10,23-24H,2-3,6-7,11-12H2,1H3. The first-order valence-corrected chi connectivity index (χ1v) is 9.84. The van der Waals surface area contributed by atoms with Gasteiger partial charge in [0.05, 0.1) is 17.2 Å². The Bertz CT molecular complexity index is 728. The topological polar surface area (TPSA) is 50.7 Å². The maximum Gasteiger partial charge on any atom is 0.162 e. The molecule has 26 heavy (non-hydrogen) atoms. The summed E-state index contributed by atoms with van der Waals surface area (Å²) >= 11 is 15.6. The van der Waals surface area contributed by atoms with Crippen LogP contribution in [-0.2, 0) is 13.2 Å². The van der Waals surface area contributed by atoms with Crippen molar-refractivity contribution in [2.75, 3.05) is 20.3 Å². The van der Waals surface area contributed by atoms with Gasteiger partial charge in [-0.25, -0.2) is 0 Å². The second-order valence-corrected chi connectivity index (χ2v) is 7.41. The maximum absolute atomic E-state index is 8.81. The van der Waals surface area contributed by atoms with Crippen molar-refractivity contribution in [3.63, 3.8) is 0 Å². The zero-order valence-corrected chi connectivity index (χ0v) is 17.6. The molecule has 0 radical (unpaired) electrons. The molecule has 0 aromatic heterocycles. The van der Waals surface area contributed by atoms with E-state index in [9.17, 15) is 0 Å². The van der Waals surface area contributed by atoms with Crippen molar-refractivity contribution in [2.45, 2.75) is 26.0 Å². The second kappa shape index (κ2) is 11.0. The molecule has 0 saturated carbocycles. The Balaban J connectivity index is 2.01. The highest BCUT2D eigenvalue weighted by molar-refractivity contribution is 9.10. The number of hydrogen-bond donors (Lipinski definition) is 2. The highest BCUT2D eigenvalue weighted by Crippen LogP contribution is 2.34. The van der Waals surface area contributed by atoms with E-state index in [-0.39, 0.29) is 6.61 Å². The van der Waals surface area contributed by atoms with Crippen LogP contribution < -0.4 is 14.8 Å². The lowest BCUT2D eigenvalue weighted by Crippen LogP contribution is -2.15. The first kappa shape index (κ1) is 21.3. The molecule has 0 saturated heterocycles. The highest BCUT2D eigenvalue weighted by Gasteiger charge is 2.11. The van der Waals surface area contributed by atoms with Crippen LogP contribution >= 0.6 is 39.1 Å². The Hall–Kier alpha value is -0.980. The van der Waals surface area contributed by atoms with E-state index in [2.05, 4.69) is 21.2 Å². The van der Waals surface area contributed by atoms with E-state index in [0.29, 0.717) is 34.7 Å². The maximum atomic E-state index is 8.81. The van der Waals surface area contributed by atoms with Crippen molar-refractivity contribution in [1.29, 1.82) is 0 Å². The molecule has 2 aromatic rings. The summed E-state index contributed by atoms with van der Waals surface area (Å²) < 4.78 is 12.3. The molecule has 0 amide bonds. The molecule has 0 unspecified atom stereocenters. The van der Waals surface area contributed by atoms with E-state index in [0.717, 1.165) is 35.0 Å². The molecule has 2 aromatic carbocycles. The van der Waals surface area contributed by atoms with Crippen LogP contribution in [0.1, 0.15) is 24.0 Å². The summed E-state index contributed by atoms with van der Waals surface area (Å²) in [5.74, 6) is 1.31. The normalized spacial score (nSPS) is 10.8. The van der Waals surface area contributed by atoms with Gasteiger partial charge in [-0.2, -0.15) is 0 Å². The molecule has 0 atom stereocenters. The Morgan fingerprint density at radius 2 is 1.88 bits per heavy atom. The zero-order chi connectivity index (χ0) is 18.9. The Morgan fingerprint density at radius 1 is 1.08 bits per heavy atom. The van der Waals surface area contributed by atoms with Gasteiger partial charge in [-0.3, -0.25) is 0 Å². The van der Waals surface area contributed by atoms with Crippen LogP contribution in [0.4, 0.5) is 0 Å². The molecular weight excluding hydrogens is 441 g/mol. The van der Waals surface area contributed by atoms with Gasteiger partial charge >= 0.3 is 0 Å². The summed E-state index contributed by atoms with van der Waals surface area (Å²) in [6, 6.07) is 9.27. The third-order valence-corrected chi connectivity index (χ3v) is 5.27. The van der Waals surface area contributed by atoms with Gasteiger partial charge in [0.1, 0.15) is 6.61 Å². The molecule has 0 heterocycles. The SMILES string of the molecule is COc1cc(CNCCCCO)c(Br)cc1OCc1ccc(Cl)c(Cl)c1. The summed E-state index contributed by atoms with van der Waals surface area (Å²) in [6.07, 6.45) is 1.75. The molecule has 0 aliphatic heterocycles. The monoisotopic (exact) mass is 461 g/mol.